The number of nitrogens with zero attached hydrogens (tertiary/aromatic N) is 2. The molecule has 11 heteroatoms. The van der Waals surface area contributed by atoms with Gasteiger partial charge in [0.15, 0.2) is 0 Å². The van der Waals surface area contributed by atoms with Crippen LogP contribution in [0.3, 0.4) is 0 Å². The molecule has 3 N–H and O–H groups in total. The van der Waals surface area contributed by atoms with Crippen LogP contribution in [0, 0.1) is 11.6 Å². The first-order valence-corrected chi connectivity index (χ1v) is 11.7. The Bertz CT molecular complexity index is 1140. The summed E-state index contributed by atoms with van der Waals surface area (Å²) in [5.41, 5.74) is 6.15. The first-order valence-electron chi connectivity index (χ1n) is 11.3. The third-order valence-corrected chi connectivity index (χ3v) is 5.82. The second-order valence-electron chi connectivity index (χ2n) is 9.14. The molecular weight excluding hydrogens is 494 g/mol. The number of amides is 3. The van der Waals surface area contributed by atoms with E-state index in [2.05, 4.69) is 10.9 Å². The molecule has 0 radical (unpaired) electrons. The first-order chi connectivity index (χ1) is 16.9. The number of hydrogen-bond acceptors (Lipinski definition) is 5. The SMILES string of the molecule is CC(=O)N(NCc1ccc(F)cc1Cl)[C@H](CONC(=O)N1C=Cc2ccc(F)cc2C1)CC(C)(C)O. The number of hydrogen-bond donors (Lipinski definition) is 3. The third kappa shape index (κ3) is 7.72. The lowest BCUT2D eigenvalue weighted by Gasteiger charge is -2.34. The zero-order chi connectivity index (χ0) is 26.5. The van der Waals surface area contributed by atoms with Crippen LogP contribution in [0.25, 0.3) is 6.08 Å². The number of halogens is 3. The molecule has 0 saturated heterocycles. The van der Waals surface area contributed by atoms with Crippen molar-refractivity contribution in [3.05, 3.63) is 75.9 Å². The fraction of sp³-hybridized carbons (Fsp3) is 0.360. The monoisotopic (exact) mass is 522 g/mol. The van der Waals surface area contributed by atoms with Gasteiger partial charge in [0.2, 0.25) is 5.91 Å². The minimum absolute atomic E-state index is 0.113. The topological polar surface area (TPSA) is 94.1 Å². The van der Waals surface area contributed by atoms with Crippen molar-refractivity contribution in [2.45, 2.75) is 51.9 Å². The van der Waals surface area contributed by atoms with Gasteiger partial charge in [0.05, 0.1) is 24.8 Å². The molecule has 1 aliphatic rings. The molecule has 0 fully saturated rings. The van der Waals surface area contributed by atoms with Gasteiger partial charge >= 0.3 is 6.03 Å². The van der Waals surface area contributed by atoms with Gasteiger partial charge in [-0.05, 0) is 67.3 Å². The van der Waals surface area contributed by atoms with E-state index >= 15 is 0 Å². The molecule has 1 heterocycles. The van der Waals surface area contributed by atoms with E-state index in [1.807, 2.05) is 0 Å². The number of carbonyl (C=O) groups is 2. The molecule has 194 valence electrons. The van der Waals surface area contributed by atoms with Gasteiger partial charge in [-0.1, -0.05) is 23.7 Å². The summed E-state index contributed by atoms with van der Waals surface area (Å²) in [4.78, 5) is 31.8. The van der Waals surface area contributed by atoms with Crippen LogP contribution in [0.1, 0.15) is 43.9 Å². The summed E-state index contributed by atoms with van der Waals surface area (Å²) in [6, 6.07) is 7.02. The molecule has 0 bridgehead atoms. The van der Waals surface area contributed by atoms with Gasteiger partial charge in [-0.15, -0.1) is 0 Å². The number of nitrogens with one attached hydrogen (secondary N) is 2. The Hall–Kier alpha value is -3.05. The van der Waals surface area contributed by atoms with E-state index < -0.39 is 29.3 Å². The number of carbonyl (C=O) groups excluding carboxylic acids is 2. The largest absolute Gasteiger partial charge is 0.390 e. The summed E-state index contributed by atoms with van der Waals surface area (Å²) in [5, 5.41) is 11.9. The summed E-state index contributed by atoms with van der Waals surface area (Å²) >= 11 is 6.08. The molecule has 0 unspecified atom stereocenters. The van der Waals surface area contributed by atoms with Gasteiger partial charge in [0.25, 0.3) is 0 Å². The molecule has 1 aliphatic heterocycles. The molecule has 0 spiro atoms. The summed E-state index contributed by atoms with van der Waals surface area (Å²) in [6.07, 6.45) is 3.36. The van der Waals surface area contributed by atoms with Crippen molar-refractivity contribution in [1.29, 1.82) is 0 Å². The average Bonchev–Trinajstić information content (AvgIpc) is 2.78. The Morgan fingerprint density at radius 3 is 2.58 bits per heavy atom. The van der Waals surface area contributed by atoms with Crippen molar-refractivity contribution in [1.82, 2.24) is 20.8 Å². The Balaban J connectivity index is 1.63. The van der Waals surface area contributed by atoms with Gasteiger partial charge in [-0.25, -0.2) is 24.5 Å². The van der Waals surface area contributed by atoms with Crippen LogP contribution >= 0.6 is 11.6 Å². The minimum atomic E-state index is -1.16. The van der Waals surface area contributed by atoms with Crippen molar-refractivity contribution in [3.63, 3.8) is 0 Å². The van der Waals surface area contributed by atoms with E-state index in [9.17, 15) is 23.5 Å². The summed E-state index contributed by atoms with van der Waals surface area (Å²) < 4.78 is 26.9. The van der Waals surface area contributed by atoms with Gasteiger partial charge in [0, 0.05) is 24.7 Å². The number of hydrazine groups is 1. The third-order valence-electron chi connectivity index (χ3n) is 5.47. The fourth-order valence-corrected chi connectivity index (χ4v) is 4.05. The Kier molecular flexibility index (Phi) is 9.02. The van der Waals surface area contributed by atoms with E-state index in [4.69, 9.17) is 16.4 Å². The van der Waals surface area contributed by atoms with E-state index in [0.717, 1.165) is 5.56 Å². The van der Waals surface area contributed by atoms with Crippen LogP contribution in [-0.4, -0.2) is 45.2 Å². The number of fused-ring (bicyclic) bond motifs is 1. The van der Waals surface area contributed by atoms with Crippen molar-refractivity contribution >= 4 is 29.6 Å². The molecule has 1 atom stereocenters. The molecule has 3 amide bonds. The van der Waals surface area contributed by atoms with Crippen LogP contribution < -0.4 is 10.9 Å². The quantitative estimate of drug-likeness (QED) is 0.431. The van der Waals surface area contributed by atoms with Crippen LogP contribution in [0.15, 0.2) is 42.6 Å². The molecular formula is C25H29ClF2N4O4. The maximum Gasteiger partial charge on any atom is 0.345 e. The van der Waals surface area contributed by atoms with Crippen LogP contribution in [-0.2, 0) is 22.7 Å². The normalized spacial score (nSPS) is 13.8. The number of urea groups is 1. The highest BCUT2D eigenvalue weighted by molar-refractivity contribution is 6.31. The van der Waals surface area contributed by atoms with Crippen molar-refractivity contribution in [3.8, 4) is 0 Å². The first kappa shape index (κ1) is 27.5. The molecule has 3 rings (SSSR count). The van der Waals surface area contributed by atoms with Crippen molar-refractivity contribution < 1.29 is 28.3 Å². The molecule has 2 aromatic carbocycles. The lowest BCUT2D eigenvalue weighted by molar-refractivity contribution is -0.139. The molecule has 0 aromatic heterocycles. The Labute approximate surface area is 213 Å². The summed E-state index contributed by atoms with van der Waals surface area (Å²) in [6.45, 7) is 4.63. The van der Waals surface area contributed by atoms with Gasteiger partial charge in [-0.3, -0.25) is 19.5 Å². The van der Waals surface area contributed by atoms with Crippen LogP contribution in [0.2, 0.25) is 5.02 Å². The van der Waals surface area contributed by atoms with E-state index in [1.165, 1.54) is 47.2 Å². The van der Waals surface area contributed by atoms with Crippen LogP contribution in [0.4, 0.5) is 13.6 Å². The van der Waals surface area contributed by atoms with E-state index in [0.29, 0.717) is 11.1 Å². The summed E-state index contributed by atoms with van der Waals surface area (Å²) in [7, 11) is 0. The molecule has 0 aliphatic carbocycles. The molecule has 8 nitrogen and oxygen atoms in total. The van der Waals surface area contributed by atoms with E-state index in [-0.39, 0.29) is 37.0 Å². The predicted octanol–water partition coefficient (Wildman–Crippen LogP) is 4.13. The van der Waals surface area contributed by atoms with Crippen molar-refractivity contribution in [2.75, 3.05) is 6.61 Å². The lowest BCUT2D eigenvalue weighted by Crippen LogP contribution is -2.53. The highest BCUT2D eigenvalue weighted by Crippen LogP contribution is 2.21. The number of benzene rings is 2. The second kappa shape index (κ2) is 11.8. The zero-order valence-corrected chi connectivity index (χ0v) is 21.0. The van der Waals surface area contributed by atoms with Gasteiger partial charge in [-0.2, -0.15) is 0 Å². The zero-order valence-electron chi connectivity index (χ0n) is 20.2. The Morgan fingerprint density at radius 2 is 1.92 bits per heavy atom. The number of aliphatic hydroxyl groups is 1. The minimum Gasteiger partial charge on any atom is -0.390 e. The average molecular weight is 523 g/mol. The maximum atomic E-state index is 13.6. The predicted molar refractivity (Wildman–Crippen MR) is 131 cm³/mol. The number of hydroxylamine groups is 1. The highest BCUT2D eigenvalue weighted by Gasteiger charge is 2.29. The van der Waals surface area contributed by atoms with E-state index in [1.54, 1.807) is 32.2 Å². The van der Waals surface area contributed by atoms with Crippen LogP contribution in [0.5, 0.6) is 0 Å². The van der Waals surface area contributed by atoms with Gasteiger partial charge < -0.3 is 5.11 Å². The lowest BCUT2D eigenvalue weighted by atomic mass is 9.99. The number of rotatable bonds is 9. The Morgan fingerprint density at radius 1 is 1.22 bits per heavy atom. The fourth-order valence-electron chi connectivity index (χ4n) is 3.81. The molecule has 0 saturated carbocycles. The molecule has 36 heavy (non-hydrogen) atoms. The smallest absolute Gasteiger partial charge is 0.345 e. The van der Waals surface area contributed by atoms with Crippen molar-refractivity contribution in [2.24, 2.45) is 0 Å². The summed E-state index contributed by atoms with van der Waals surface area (Å²) in [5.74, 6) is -1.24. The standard InChI is InChI=1S/C25H29ClF2N4O4/c1-16(33)32(29-13-18-5-7-21(28)11-23(18)26)22(12-25(2,3)35)15-36-30-24(34)31-9-8-17-4-6-20(27)10-19(17)14-31/h4-11,22,29,35H,12-15H2,1-3H3,(H,30,34)/t22-/m0/s1. The van der Waals surface area contributed by atoms with Gasteiger partial charge in [0.1, 0.15) is 11.6 Å². The highest BCUT2D eigenvalue weighted by atomic mass is 35.5. The second-order valence-corrected chi connectivity index (χ2v) is 9.54. The molecule has 2 aromatic rings. The maximum absolute atomic E-state index is 13.6.